The van der Waals surface area contributed by atoms with E-state index in [0.717, 1.165) is 19.3 Å². The van der Waals surface area contributed by atoms with Crippen LogP contribution in [0.25, 0.3) is 0 Å². The maximum Gasteiger partial charge on any atom is 0.448 e. The molecule has 119 valence electrons. The molecule has 0 rings (SSSR count). The molecule has 0 aromatic rings. The van der Waals surface area contributed by atoms with Crippen LogP contribution in [-0.2, 0) is 28.9 Å². The minimum absolute atomic E-state index is 0. The van der Waals surface area contributed by atoms with E-state index >= 15 is 0 Å². The molecule has 21 heavy (non-hydrogen) atoms. The minimum atomic E-state index is -4.80. The third kappa shape index (κ3) is 17.8. The fraction of sp³-hybridized carbons (Fsp3) is 0.833. The van der Waals surface area contributed by atoms with Gasteiger partial charge in [0.15, 0.2) is 0 Å². The molecule has 0 unspecified atom stereocenters. The van der Waals surface area contributed by atoms with Crippen LogP contribution in [0.5, 0.6) is 0 Å². The summed E-state index contributed by atoms with van der Waals surface area (Å²) in [4.78, 5) is 22.1. The maximum absolute atomic E-state index is 11.2. The van der Waals surface area contributed by atoms with Crippen LogP contribution in [0.15, 0.2) is 0 Å². The van der Waals surface area contributed by atoms with E-state index in [1.807, 2.05) is 0 Å². The fourth-order valence-corrected chi connectivity index (χ4v) is 1.82. The van der Waals surface area contributed by atoms with E-state index in [4.69, 9.17) is 9.29 Å². The number of rotatable bonds is 11. The number of carbonyl (C=O) groups is 2. The Hall–Kier alpha value is -0.150. The Morgan fingerprint density at radius 2 is 1.48 bits per heavy atom. The van der Waals surface area contributed by atoms with Crippen LogP contribution in [0.4, 0.5) is 0 Å². The van der Waals surface area contributed by atoms with Gasteiger partial charge in [0.05, 0.1) is 19.4 Å². The van der Waals surface area contributed by atoms with Crippen molar-refractivity contribution in [3.63, 3.8) is 0 Å². The molecular weight excluding hydrogens is 311 g/mol. The van der Waals surface area contributed by atoms with Crippen molar-refractivity contribution in [2.75, 3.05) is 6.61 Å². The zero-order chi connectivity index (χ0) is 15.4. The molecule has 1 radical (unpaired) electrons. The molecule has 0 aliphatic heterocycles. The standard InChI is InChI=1S/C12H22O7S.Na/c1-2-3-4-5-6-7-10-18-11(13)8-9-12(14)19-20(15,16)17;/h2-10H2,1H3,(H,15,16,17);. The van der Waals surface area contributed by atoms with Gasteiger partial charge in [-0.3, -0.25) is 14.1 Å². The molecule has 0 aliphatic carbocycles. The quantitative estimate of drug-likeness (QED) is 0.265. The number of esters is 1. The molecule has 0 fully saturated rings. The van der Waals surface area contributed by atoms with Gasteiger partial charge in [-0.05, 0) is 6.42 Å². The number of hydrogen-bond acceptors (Lipinski definition) is 6. The molecule has 7 nitrogen and oxygen atoms in total. The van der Waals surface area contributed by atoms with Gasteiger partial charge in [-0.1, -0.05) is 39.0 Å². The van der Waals surface area contributed by atoms with Gasteiger partial charge in [0.25, 0.3) is 0 Å². The van der Waals surface area contributed by atoms with Gasteiger partial charge >= 0.3 is 22.3 Å². The first kappa shape index (κ1) is 23.1. The molecule has 0 saturated heterocycles. The summed E-state index contributed by atoms with van der Waals surface area (Å²) in [5, 5.41) is 0. The summed E-state index contributed by atoms with van der Waals surface area (Å²) in [5.74, 6) is -1.78. The third-order valence-corrected chi connectivity index (χ3v) is 2.89. The molecule has 9 heteroatoms. The molecule has 0 aliphatic rings. The fourth-order valence-electron chi connectivity index (χ4n) is 1.50. The maximum atomic E-state index is 11.2. The van der Waals surface area contributed by atoms with Gasteiger partial charge < -0.3 is 8.92 Å². The zero-order valence-electron chi connectivity index (χ0n) is 12.7. The molecule has 0 aromatic carbocycles. The first-order chi connectivity index (χ1) is 9.35. The second-order valence-corrected chi connectivity index (χ2v) is 5.39. The Labute approximate surface area is 148 Å². The van der Waals surface area contributed by atoms with E-state index in [9.17, 15) is 18.0 Å². The van der Waals surface area contributed by atoms with Crippen molar-refractivity contribution in [1.82, 2.24) is 0 Å². The molecule has 0 heterocycles. The van der Waals surface area contributed by atoms with Crippen molar-refractivity contribution in [2.24, 2.45) is 0 Å². The van der Waals surface area contributed by atoms with Crippen molar-refractivity contribution in [3.05, 3.63) is 0 Å². The van der Waals surface area contributed by atoms with Gasteiger partial charge in [0.1, 0.15) is 0 Å². The van der Waals surface area contributed by atoms with E-state index < -0.39 is 28.8 Å². The van der Waals surface area contributed by atoms with Crippen LogP contribution in [0.3, 0.4) is 0 Å². The van der Waals surface area contributed by atoms with E-state index in [0.29, 0.717) is 0 Å². The van der Waals surface area contributed by atoms with Crippen molar-refractivity contribution in [3.8, 4) is 0 Å². The van der Waals surface area contributed by atoms with Crippen LogP contribution in [0.1, 0.15) is 58.3 Å². The number of carbonyl (C=O) groups excluding carboxylic acids is 2. The molecule has 1 N–H and O–H groups in total. The number of hydrogen-bond donors (Lipinski definition) is 1. The summed E-state index contributed by atoms with van der Waals surface area (Å²) in [6.45, 7) is 2.42. The van der Waals surface area contributed by atoms with Gasteiger partial charge in [-0.25, -0.2) is 0 Å². The van der Waals surface area contributed by atoms with Crippen molar-refractivity contribution < 1.29 is 31.5 Å². The topological polar surface area (TPSA) is 107 Å². The average molecular weight is 333 g/mol. The molecular formula is C12H22NaO7S. The van der Waals surface area contributed by atoms with Crippen LogP contribution in [0.2, 0.25) is 0 Å². The van der Waals surface area contributed by atoms with Crippen LogP contribution in [-0.4, -0.2) is 61.1 Å². The summed E-state index contributed by atoms with van der Waals surface area (Å²) < 4.78 is 37.2. The number of unbranched alkanes of at least 4 members (excludes halogenated alkanes) is 5. The summed E-state index contributed by atoms with van der Waals surface area (Å²) in [6, 6.07) is 0. The molecule has 0 saturated carbocycles. The van der Waals surface area contributed by atoms with Crippen LogP contribution >= 0.6 is 0 Å². The van der Waals surface area contributed by atoms with Gasteiger partial charge in [0.2, 0.25) is 0 Å². The molecule has 0 aromatic heterocycles. The van der Waals surface area contributed by atoms with E-state index in [1.54, 1.807) is 0 Å². The summed E-state index contributed by atoms with van der Waals surface area (Å²) >= 11 is 0. The predicted octanol–water partition coefficient (Wildman–Crippen LogP) is 1.64. The minimum Gasteiger partial charge on any atom is -0.466 e. The van der Waals surface area contributed by atoms with Crippen molar-refractivity contribution in [1.29, 1.82) is 0 Å². The Morgan fingerprint density at radius 3 is 2.05 bits per heavy atom. The first-order valence-electron chi connectivity index (χ1n) is 6.70. The van der Waals surface area contributed by atoms with Gasteiger partial charge in [0, 0.05) is 29.6 Å². The molecule has 0 spiro atoms. The van der Waals surface area contributed by atoms with Crippen LogP contribution in [0, 0.1) is 0 Å². The Kier molecular flexibility index (Phi) is 14.9. The van der Waals surface area contributed by atoms with Gasteiger partial charge in [-0.15, -0.1) is 0 Å². The molecule has 0 bridgehead atoms. The Morgan fingerprint density at radius 1 is 0.952 bits per heavy atom. The summed E-state index contributed by atoms with van der Waals surface area (Å²) in [5.41, 5.74) is 0. The zero-order valence-corrected chi connectivity index (χ0v) is 15.5. The largest absolute Gasteiger partial charge is 0.466 e. The average Bonchev–Trinajstić information content (AvgIpc) is 2.33. The van der Waals surface area contributed by atoms with E-state index in [-0.39, 0.29) is 42.6 Å². The third-order valence-electron chi connectivity index (χ3n) is 2.49. The van der Waals surface area contributed by atoms with Crippen molar-refractivity contribution >= 4 is 51.9 Å². The normalized spacial score (nSPS) is 10.6. The summed E-state index contributed by atoms with van der Waals surface area (Å²) in [6.07, 6.45) is 5.69. The predicted molar refractivity (Wildman–Crippen MR) is 77.0 cm³/mol. The van der Waals surface area contributed by atoms with E-state index in [1.165, 1.54) is 19.3 Å². The van der Waals surface area contributed by atoms with E-state index in [2.05, 4.69) is 11.1 Å². The Balaban J connectivity index is 0. The van der Waals surface area contributed by atoms with Gasteiger partial charge in [-0.2, -0.15) is 8.42 Å². The number of ether oxygens (including phenoxy) is 1. The molecule has 0 atom stereocenters. The first-order valence-corrected chi connectivity index (χ1v) is 8.07. The van der Waals surface area contributed by atoms with Crippen molar-refractivity contribution in [2.45, 2.75) is 58.3 Å². The second kappa shape index (κ2) is 13.5. The Bertz CT molecular complexity index is 394. The smallest absolute Gasteiger partial charge is 0.448 e. The summed E-state index contributed by atoms with van der Waals surface area (Å²) in [7, 11) is -4.80. The second-order valence-electron chi connectivity index (χ2n) is 4.37. The van der Waals surface area contributed by atoms with Crippen LogP contribution < -0.4 is 0 Å². The SMILES string of the molecule is CCCCCCCCOC(=O)CCC(=O)OS(=O)(=O)O.[Na]. The molecule has 0 amide bonds. The monoisotopic (exact) mass is 333 g/mol.